The topological polar surface area (TPSA) is 103 Å². The molecule has 0 fully saturated rings. The van der Waals surface area contributed by atoms with Crippen LogP contribution in [0.1, 0.15) is 47.4 Å². The van der Waals surface area contributed by atoms with E-state index in [2.05, 4.69) is 17.6 Å². The minimum Gasteiger partial charge on any atom is -0.490 e. The van der Waals surface area contributed by atoms with E-state index in [-0.39, 0.29) is 11.5 Å². The molecule has 0 heterocycles. The Labute approximate surface area is 181 Å². The van der Waals surface area contributed by atoms with Gasteiger partial charge in [-0.3, -0.25) is 9.59 Å². The number of unbranched alkanes of at least 4 members (excludes halogenated alkanes) is 1. The molecule has 0 aliphatic heterocycles. The number of rotatable bonds is 11. The zero-order chi connectivity index (χ0) is 22.6. The van der Waals surface area contributed by atoms with Gasteiger partial charge in [0.05, 0.1) is 18.8 Å². The van der Waals surface area contributed by atoms with Crippen molar-refractivity contribution in [2.24, 2.45) is 0 Å². The highest BCUT2D eigenvalue weighted by Gasteiger charge is 2.15. The van der Waals surface area contributed by atoms with E-state index >= 15 is 0 Å². The summed E-state index contributed by atoms with van der Waals surface area (Å²) < 4.78 is 16.4. The van der Waals surface area contributed by atoms with E-state index in [9.17, 15) is 14.4 Å². The highest BCUT2D eigenvalue weighted by Crippen LogP contribution is 2.29. The quantitative estimate of drug-likeness (QED) is 0.420. The first-order valence-corrected chi connectivity index (χ1v) is 10.2. The highest BCUT2D eigenvalue weighted by molar-refractivity contribution is 5.97. The molecule has 0 saturated carbocycles. The van der Waals surface area contributed by atoms with Crippen molar-refractivity contribution in [3.05, 3.63) is 53.6 Å². The fraction of sp³-hybridized carbons (Fsp3) is 0.348. The fourth-order valence-electron chi connectivity index (χ4n) is 2.61. The van der Waals surface area contributed by atoms with Gasteiger partial charge in [0, 0.05) is 18.3 Å². The molecular formula is C23H28N2O6. The normalized spacial score (nSPS) is 10.2. The van der Waals surface area contributed by atoms with Gasteiger partial charge in [-0.2, -0.15) is 0 Å². The maximum atomic E-state index is 12.3. The van der Waals surface area contributed by atoms with Crippen LogP contribution in [0.4, 0.5) is 5.69 Å². The van der Waals surface area contributed by atoms with E-state index in [1.165, 1.54) is 7.05 Å². The van der Waals surface area contributed by atoms with E-state index in [1.807, 2.05) is 6.92 Å². The number of benzene rings is 2. The Balaban J connectivity index is 1.92. The highest BCUT2D eigenvalue weighted by atomic mass is 16.5. The molecule has 0 aliphatic carbocycles. The predicted molar refractivity (Wildman–Crippen MR) is 117 cm³/mol. The summed E-state index contributed by atoms with van der Waals surface area (Å²) >= 11 is 0. The van der Waals surface area contributed by atoms with E-state index < -0.39 is 18.5 Å². The van der Waals surface area contributed by atoms with Crippen LogP contribution in [-0.4, -0.2) is 44.7 Å². The zero-order valence-corrected chi connectivity index (χ0v) is 18.0. The number of ether oxygens (including phenoxy) is 3. The van der Waals surface area contributed by atoms with Gasteiger partial charge in [-0.1, -0.05) is 13.3 Å². The Morgan fingerprint density at radius 2 is 1.61 bits per heavy atom. The Morgan fingerprint density at radius 3 is 2.26 bits per heavy atom. The SMILES string of the molecule is CCCCOc1ccc(C(=O)OCC(=O)Nc2ccc(C(=O)NC)cc2)cc1OCC. The Hall–Kier alpha value is -3.55. The predicted octanol–water partition coefficient (Wildman–Crippen LogP) is 3.42. The summed E-state index contributed by atoms with van der Waals surface area (Å²) in [6, 6.07) is 11.1. The van der Waals surface area contributed by atoms with Crippen LogP contribution in [0.5, 0.6) is 11.5 Å². The summed E-state index contributed by atoms with van der Waals surface area (Å²) in [5, 5.41) is 5.13. The smallest absolute Gasteiger partial charge is 0.338 e. The lowest BCUT2D eigenvalue weighted by Crippen LogP contribution is -2.21. The minimum atomic E-state index is -0.647. The van der Waals surface area contributed by atoms with Crippen molar-refractivity contribution < 1.29 is 28.6 Å². The molecule has 2 aromatic carbocycles. The van der Waals surface area contributed by atoms with Crippen LogP contribution in [0.2, 0.25) is 0 Å². The van der Waals surface area contributed by atoms with E-state index in [4.69, 9.17) is 14.2 Å². The van der Waals surface area contributed by atoms with Crippen molar-refractivity contribution in [3.63, 3.8) is 0 Å². The van der Waals surface area contributed by atoms with Gasteiger partial charge < -0.3 is 24.8 Å². The van der Waals surface area contributed by atoms with Crippen molar-refractivity contribution in [2.45, 2.75) is 26.7 Å². The second-order valence-corrected chi connectivity index (χ2v) is 6.58. The van der Waals surface area contributed by atoms with Gasteiger partial charge in [-0.15, -0.1) is 0 Å². The maximum Gasteiger partial charge on any atom is 0.338 e. The van der Waals surface area contributed by atoms with Crippen molar-refractivity contribution in [3.8, 4) is 11.5 Å². The molecular weight excluding hydrogens is 400 g/mol. The summed E-state index contributed by atoms with van der Waals surface area (Å²) in [5.41, 5.74) is 1.22. The minimum absolute atomic E-state index is 0.222. The fourth-order valence-corrected chi connectivity index (χ4v) is 2.61. The van der Waals surface area contributed by atoms with Gasteiger partial charge in [0.15, 0.2) is 18.1 Å². The summed E-state index contributed by atoms with van der Waals surface area (Å²) in [6.07, 6.45) is 1.92. The van der Waals surface area contributed by atoms with E-state index in [0.29, 0.717) is 36.0 Å². The molecule has 31 heavy (non-hydrogen) atoms. The summed E-state index contributed by atoms with van der Waals surface area (Å²) in [7, 11) is 1.54. The number of carbonyl (C=O) groups is 3. The molecule has 166 valence electrons. The first kappa shape index (κ1) is 23.7. The molecule has 0 spiro atoms. The van der Waals surface area contributed by atoms with Gasteiger partial charge >= 0.3 is 5.97 Å². The molecule has 0 bridgehead atoms. The average molecular weight is 428 g/mol. The lowest BCUT2D eigenvalue weighted by Gasteiger charge is -2.13. The second kappa shape index (κ2) is 12.2. The van der Waals surface area contributed by atoms with Crippen LogP contribution in [-0.2, 0) is 9.53 Å². The number of amides is 2. The molecule has 0 radical (unpaired) electrons. The maximum absolute atomic E-state index is 12.3. The van der Waals surface area contributed by atoms with Crippen molar-refractivity contribution in [1.82, 2.24) is 5.32 Å². The molecule has 8 nitrogen and oxygen atoms in total. The molecule has 2 rings (SSSR count). The van der Waals surface area contributed by atoms with Gasteiger partial charge in [-0.05, 0) is 55.8 Å². The number of nitrogens with one attached hydrogen (secondary N) is 2. The van der Waals surface area contributed by atoms with Gasteiger partial charge in [0.1, 0.15) is 0 Å². The molecule has 0 aromatic heterocycles. The second-order valence-electron chi connectivity index (χ2n) is 6.58. The van der Waals surface area contributed by atoms with Crippen molar-refractivity contribution >= 4 is 23.5 Å². The van der Waals surface area contributed by atoms with Crippen LogP contribution in [0, 0.1) is 0 Å². The third-order valence-electron chi connectivity index (χ3n) is 4.23. The molecule has 8 heteroatoms. The largest absolute Gasteiger partial charge is 0.490 e. The molecule has 0 unspecified atom stereocenters. The first-order valence-electron chi connectivity index (χ1n) is 10.2. The lowest BCUT2D eigenvalue weighted by molar-refractivity contribution is -0.119. The summed E-state index contributed by atoms with van der Waals surface area (Å²) in [5.74, 6) is -0.352. The van der Waals surface area contributed by atoms with Crippen molar-refractivity contribution in [2.75, 3.05) is 32.2 Å². The Bertz CT molecular complexity index is 895. The van der Waals surface area contributed by atoms with Crippen LogP contribution in [0.15, 0.2) is 42.5 Å². The molecule has 2 N–H and O–H groups in total. The third-order valence-corrected chi connectivity index (χ3v) is 4.23. The van der Waals surface area contributed by atoms with Gasteiger partial charge in [0.25, 0.3) is 11.8 Å². The number of hydrogen-bond acceptors (Lipinski definition) is 6. The summed E-state index contributed by atoms with van der Waals surface area (Å²) in [6.45, 7) is 4.44. The monoisotopic (exact) mass is 428 g/mol. The third kappa shape index (κ3) is 7.33. The van der Waals surface area contributed by atoms with Crippen LogP contribution >= 0.6 is 0 Å². The van der Waals surface area contributed by atoms with Crippen LogP contribution in [0.3, 0.4) is 0 Å². The average Bonchev–Trinajstić information content (AvgIpc) is 2.78. The Morgan fingerprint density at radius 1 is 0.903 bits per heavy atom. The lowest BCUT2D eigenvalue weighted by atomic mass is 10.2. The number of anilines is 1. The number of hydrogen-bond donors (Lipinski definition) is 2. The molecule has 2 amide bonds. The zero-order valence-electron chi connectivity index (χ0n) is 18.0. The van der Waals surface area contributed by atoms with Crippen LogP contribution < -0.4 is 20.1 Å². The number of carbonyl (C=O) groups excluding carboxylic acids is 3. The summed E-state index contributed by atoms with van der Waals surface area (Å²) in [4.78, 5) is 36.0. The molecule has 0 saturated heterocycles. The Kier molecular flexibility index (Phi) is 9.35. The van der Waals surface area contributed by atoms with Gasteiger partial charge in [0.2, 0.25) is 0 Å². The van der Waals surface area contributed by atoms with E-state index in [0.717, 1.165) is 12.8 Å². The molecule has 2 aromatic rings. The first-order chi connectivity index (χ1) is 15.0. The number of esters is 1. The van der Waals surface area contributed by atoms with Crippen molar-refractivity contribution in [1.29, 1.82) is 0 Å². The van der Waals surface area contributed by atoms with Gasteiger partial charge in [-0.25, -0.2) is 4.79 Å². The standard InChI is InChI=1S/C23H28N2O6/c1-4-6-13-30-19-12-9-17(14-20(19)29-5-2)23(28)31-15-21(26)25-18-10-7-16(8-11-18)22(27)24-3/h7-12,14H,4-6,13,15H2,1-3H3,(H,24,27)(H,25,26). The molecule has 0 atom stereocenters. The van der Waals surface area contributed by atoms with Crippen LogP contribution in [0.25, 0.3) is 0 Å². The molecule has 0 aliphatic rings. The van der Waals surface area contributed by atoms with E-state index in [1.54, 1.807) is 42.5 Å².